The monoisotopic (exact) mass is 273 g/mol. The molecule has 1 aromatic rings. The van der Waals surface area contributed by atoms with Crippen LogP contribution in [-0.2, 0) is 12.8 Å². The molecule has 4 atom stereocenters. The molecule has 1 fully saturated rings. The summed E-state index contributed by atoms with van der Waals surface area (Å²) in [6, 6.07) is 6.82. The fourth-order valence-corrected chi connectivity index (χ4v) is 4.03. The lowest BCUT2D eigenvalue weighted by atomic mass is 9.78. The molecule has 1 aromatic carbocycles. The molecule has 0 saturated heterocycles. The van der Waals surface area contributed by atoms with Crippen molar-refractivity contribution in [3.63, 3.8) is 0 Å². The van der Waals surface area contributed by atoms with E-state index in [1.54, 1.807) is 0 Å². The van der Waals surface area contributed by atoms with Gasteiger partial charge in [0.05, 0.1) is 0 Å². The van der Waals surface area contributed by atoms with Gasteiger partial charge in [0, 0.05) is 6.04 Å². The van der Waals surface area contributed by atoms with Crippen molar-refractivity contribution in [3.8, 4) is 5.75 Å². The van der Waals surface area contributed by atoms with Crippen molar-refractivity contribution in [2.75, 3.05) is 0 Å². The molecule has 20 heavy (non-hydrogen) atoms. The molecule has 3 rings (SSSR count). The predicted molar refractivity (Wildman–Crippen MR) is 83.0 cm³/mol. The summed E-state index contributed by atoms with van der Waals surface area (Å²) in [5.41, 5.74) is 9.32. The first kappa shape index (κ1) is 13.9. The van der Waals surface area contributed by atoms with Gasteiger partial charge in [0.15, 0.2) is 0 Å². The van der Waals surface area contributed by atoms with Crippen LogP contribution in [0, 0.1) is 11.8 Å². The first-order chi connectivity index (χ1) is 9.63. The van der Waals surface area contributed by atoms with Crippen molar-refractivity contribution in [3.05, 3.63) is 29.3 Å². The van der Waals surface area contributed by atoms with E-state index >= 15 is 0 Å². The molecule has 0 radical (unpaired) electrons. The highest BCUT2D eigenvalue weighted by Crippen LogP contribution is 2.32. The van der Waals surface area contributed by atoms with Gasteiger partial charge in [-0.15, -0.1) is 0 Å². The summed E-state index contributed by atoms with van der Waals surface area (Å²) < 4.78 is 6.27. The molecule has 2 nitrogen and oxygen atoms in total. The van der Waals surface area contributed by atoms with Gasteiger partial charge in [-0.25, -0.2) is 0 Å². The van der Waals surface area contributed by atoms with Gasteiger partial charge in [-0.1, -0.05) is 19.9 Å². The highest BCUT2D eigenvalue weighted by molar-refractivity contribution is 5.37. The van der Waals surface area contributed by atoms with Crippen LogP contribution in [0.15, 0.2) is 18.2 Å². The molecular formula is C18H27NO. The van der Waals surface area contributed by atoms with Crippen molar-refractivity contribution in [1.82, 2.24) is 0 Å². The molecule has 0 heterocycles. The molecule has 0 amide bonds. The average molecular weight is 273 g/mol. The summed E-state index contributed by atoms with van der Waals surface area (Å²) in [4.78, 5) is 0. The van der Waals surface area contributed by atoms with Gasteiger partial charge in [0.1, 0.15) is 11.9 Å². The third kappa shape index (κ3) is 2.85. The Balaban J connectivity index is 1.74. The number of aryl methyl sites for hydroxylation is 2. The van der Waals surface area contributed by atoms with E-state index in [0.717, 1.165) is 18.1 Å². The number of ether oxygens (including phenoxy) is 1. The summed E-state index contributed by atoms with van der Waals surface area (Å²) in [5.74, 6) is 2.29. The summed E-state index contributed by atoms with van der Waals surface area (Å²) >= 11 is 0. The lowest BCUT2D eigenvalue weighted by Gasteiger charge is -2.37. The van der Waals surface area contributed by atoms with Crippen LogP contribution >= 0.6 is 0 Å². The standard InChI is InChI=1S/C18H27NO/c1-12-9-13(2)18(17(19)10-12)20-16-8-7-14-5-3-4-6-15(14)11-16/h7-8,11-13,17-18H,3-6,9-10,19H2,1-2H3. The van der Waals surface area contributed by atoms with E-state index in [2.05, 4.69) is 32.0 Å². The van der Waals surface area contributed by atoms with Crippen molar-refractivity contribution < 1.29 is 4.74 Å². The van der Waals surface area contributed by atoms with Crippen LogP contribution in [0.1, 0.15) is 50.7 Å². The molecule has 1 saturated carbocycles. The van der Waals surface area contributed by atoms with Crippen molar-refractivity contribution in [1.29, 1.82) is 0 Å². The van der Waals surface area contributed by atoms with Crippen LogP contribution < -0.4 is 10.5 Å². The highest BCUT2D eigenvalue weighted by atomic mass is 16.5. The molecule has 2 aliphatic carbocycles. The van der Waals surface area contributed by atoms with E-state index in [1.807, 2.05) is 0 Å². The highest BCUT2D eigenvalue weighted by Gasteiger charge is 2.33. The summed E-state index contributed by atoms with van der Waals surface area (Å²) in [7, 11) is 0. The van der Waals surface area contributed by atoms with Crippen LogP contribution in [0.3, 0.4) is 0 Å². The lowest BCUT2D eigenvalue weighted by molar-refractivity contribution is 0.0625. The lowest BCUT2D eigenvalue weighted by Crippen LogP contribution is -2.48. The molecule has 110 valence electrons. The third-order valence-electron chi connectivity index (χ3n) is 5.02. The minimum atomic E-state index is 0.171. The largest absolute Gasteiger partial charge is 0.489 e. The minimum Gasteiger partial charge on any atom is -0.489 e. The van der Waals surface area contributed by atoms with E-state index in [-0.39, 0.29) is 12.1 Å². The van der Waals surface area contributed by atoms with Gasteiger partial charge >= 0.3 is 0 Å². The number of hydrogen-bond donors (Lipinski definition) is 1. The second kappa shape index (κ2) is 5.77. The Hall–Kier alpha value is -1.02. The number of rotatable bonds is 2. The Morgan fingerprint density at radius 3 is 2.55 bits per heavy atom. The number of nitrogens with two attached hydrogens (primary N) is 1. The van der Waals surface area contributed by atoms with Crippen molar-refractivity contribution in [2.45, 2.75) is 64.5 Å². The molecule has 2 heteroatoms. The van der Waals surface area contributed by atoms with E-state index in [9.17, 15) is 0 Å². The van der Waals surface area contributed by atoms with Gasteiger partial charge in [-0.3, -0.25) is 0 Å². The second-order valence-electron chi connectivity index (χ2n) is 6.94. The minimum absolute atomic E-state index is 0.171. The average Bonchev–Trinajstić information content (AvgIpc) is 2.42. The molecule has 2 aliphatic rings. The summed E-state index contributed by atoms with van der Waals surface area (Å²) in [5, 5.41) is 0. The van der Waals surface area contributed by atoms with Crippen molar-refractivity contribution in [2.24, 2.45) is 17.6 Å². The topological polar surface area (TPSA) is 35.2 Å². The predicted octanol–water partition coefficient (Wildman–Crippen LogP) is 3.71. The van der Waals surface area contributed by atoms with Crippen LogP contribution in [0.4, 0.5) is 0 Å². The normalized spacial score (nSPS) is 33.5. The molecule has 4 unspecified atom stereocenters. The van der Waals surface area contributed by atoms with E-state index in [4.69, 9.17) is 10.5 Å². The molecule has 0 bridgehead atoms. The zero-order valence-electron chi connectivity index (χ0n) is 12.8. The number of hydrogen-bond acceptors (Lipinski definition) is 2. The zero-order chi connectivity index (χ0) is 14.1. The quantitative estimate of drug-likeness (QED) is 0.891. The van der Waals surface area contributed by atoms with Gasteiger partial charge in [-0.2, -0.15) is 0 Å². The molecule has 0 aromatic heterocycles. The first-order valence-electron chi connectivity index (χ1n) is 8.17. The fraction of sp³-hybridized carbons (Fsp3) is 0.667. The Morgan fingerprint density at radius 2 is 1.80 bits per heavy atom. The maximum Gasteiger partial charge on any atom is 0.120 e. The molecule has 2 N–H and O–H groups in total. The Bertz CT molecular complexity index is 458. The molecule has 0 spiro atoms. The zero-order valence-corrected chi connectivity index (χ0v) is 12.8. The van der Waals surface area contributed by atoms with E-state index < -0.39 is 0 Å². The third-order valence-corrected chi connectivity index (χ3v) is 5.02. The number of benzene rings is 1. The maximum atomic E-state index is 6.32. The smallest absolute Gasteiger partial charge is 0.120 e. The van der Waals surface area contributed by atoms with Gasteiger partial charge in [0.2, 0.25) is 0 Å². The number of fused-ring (bicyclic) bond motifs is 1. The Labute approximate surface area is 122 Å². The van der Waals surface area contributed by atoms with Crippen LogP contribution in [0.2, 0.25) is 0 Å². The van der Waals surface area contributed by atoms with E-state index in [1.165, 1.54) is 43.2 Å². The van der Waals surface area contributed by atoms with Gasteiger partial charge in [0.25, 0.3) is 0 Å². The second-order valence-corrected chi connectivity index (χ2v) is 6.94. The molecule has 0 aliphatic heterocycles. The van der Waals surface area contributed by atoms with Gasteiger partial charge < -0.3 is 10.5 Å². The maximum absolute atomic E-state index is 6.32. The fourth-order valence-electron chi connectivity index (χ4n) is 4.03. The Morgan fingerprint density at radius 1 is 1.05 bits per heavy atom. The summed E-state index contributed by atoms with van der Waals surface area (Å²) in [6.07, 6.45) is 7.56. The van der Waals surface area contributed by atoms with Crippen molar-refractivity contribution >= 4 is 0 Å². The van der Waals surface area contributed by atoms with Crippen LogP contribution in [0.5, 0.6) is 5.75 Å². The molecular weight excluding hydrogens is 246 g/mol. The van der Waals surface area contributed by atoms with Gasteiger partial charge in [-0.05, 0) is 73.6 Å². The summed E-state index contributed by atoms with van der Waals surface area (Å²) in [6.45, 7) is 4.57. The SMILES string of the molecule is CC1CC(C)C(Oc2ccc3c(c2)CCCC3)C(N)C1. The Kier molecular flexibility index (Phi) is 4.02. The van der Waals surface area contributed by atoms with Crippen LogP contribution in [0.25, 0.3) is 0 Å². The first-order valence-corrected chi connectivity index (χ1v) is 8.17. The van der Waals surface area contributed by atoms with Crippen LogP contribution in [-0.4, -0.2) is 12.1 Å². The van der Waals surface area contributed by atoms with E-state index in [0.29, 0.717) is 5.92 Å².